The summed E-state index contributed by atoms with van der Waals surface area (Å²) in [4.78, 5) is 29.7. The highest BCUT2D eigenvalue weighted by Crippen LogP contribution is 2.47. The summed E-state index contributed by atoms with van der Waals surface area (Å²) < 4.78 is 0. The summed E-state index contributed by atoms with van der Waals surface area (Å²) in [6.07, 6.45) is 4.01. The summed E-state index contributed by atoms with van der Waals surface area (Å²) in [6, 6.07) is 8.06. The van der Waals surface area contributed by atoms with Gasteiger partial charge in [-0.1, -0.05) is 44.9 Å². The Morgan fingerprint density at radius 2 is 1.80 bits per heavy atom. The van der Waals surface area contributed by atoms with Gasteiger partial charge in [0.1, 0.15) is 0 Å². The normalized spacial score (nSPS) is 19.4. The molecule has 1 fully saturated rings. The zero-order valence-corrected chi connectivity index (χ0v) is 21.4. The minimum atomic E-state index is -0.583. The van der Waals surface area contributed by atoms with E-state index in [4.69, 9.17) is 4.98 Å². The van der Waals surface area contributed by atoms with E-state index in [0.717, 1.165) is 23.5 Å². The van der Waals surface area contributed by atoms with Crippen molar-refractivity contribution in [3.63, 3.8) is 0 Å². The Morgan fingerprint density at radius 1 is 1.11 bits per heavy atom. The van der Waals surface area contributed by atoms with Crippen molar-refractivity contribution in [2.75, 3.05) is 13.1 Å². The number of nitrogens with zero attached hydrogens (tertiary/aromatic N) is 4. The van der Waals surface area contributed by atoms with Crippen LogP contribution in [0.4, 0.5) is 5.82 Å². The van der Waals surface area contributed by atoms with E-state index >= 15 is 0 Å². The van der Waals surface area contributed by atoms with Gasteiger partial charge in [-0.15, -0.1) is 16.4 Å². The molecule has 0 radical (unpaired) electrons. The molecule has 2 aliphatic rings. The largest absolute Gasteiger partial charge is 0.358 e. The van der Waals surface area contributed by atoms with E-state index in [9.17, 15) is 14.9 Å². The molecular formula is C26H31N5O3S. The molecule has 184 valence electrons. The number of rotatable bonds is 4. The first-order valence-electron chi connectivity index (χ1n) is 12.1. The van der Waals surface area contributed by atoms with Gasteiger partial charge in [0.05, 0.1) is 16.8 Å². The summed E-state index contributed by atoms with van der Waals surface area (Å²) in [7, 11) is 0. The minimum absolute atomic E-state index is 0.0881. The second-order valence-corrected chi connectivity index (χ2v) is 12.0. The number of H-pyrrole nitrogens is 1. The van der Waals surface area contributed by atoms with Crippen LogP contribution in [0.2, 0.25) is 0 Å². The fourth-order valence-electron chi connectivity index (χ4n) is 5.36. The molecule has 2 aromatic heterocycles. The smallest absolute Gasteiger partial charge is 0.343 e. The molecule has 8 nitrogen and oxygen atoms in total. The quantitative estimate of drug-likeness (QED) is 0.365. The summed E-state index contributed by atoms with van der Waals surface area (Å²) in [6.45, 7) is 10.5. The topological polar surface area (TPSA) is 105 Å². The highest BCUT2D eigenvalue weighted by atomic mass is 32.1. The monoisotopic (exact) mass is 493 g/mol. The average Bonchev–Trinajstić information content (AvgIpc) is 3.52. The van der Waals surface area contributed by atoms with Crippen LogP contribution in [0.25, 0.3) is 11.3 Å². The number of hydrogen-bond acceptors (Lipinski definition) is 6. The number of thiazole rings is 1. The van der Waals surface area contributed by atoms with Crippen LogP contribution in [-0.4, -0.2) is 44.0 Å². The van der Waals surface area contributed by atoms with Crippen molar-refractivity contribution in [1.82, 2.24) is 20.1 Å². The first-order chi connectivity index (χ1) is 16.5. The fourth-order valence-corrected chi connectivity index (χ4v) is 6.36. The number of carbonyl (C=O) groups is 1. The zero-order valence-electron chi connectivity index (χ0n) is 20.6. The predicted molar refractivity (Wildman–Crippen MR) is 136 cm³/mol. The molecule has 1 aromatic carbocycles. The average molecular weight is 494 g/mol. The van der Waals surface area contributed by atoms with Crippen LogP contribution in [0.5, 0.6) is 0 Å². The van der Waals surface area contributed by atoms with Crippen LogP contribution in [0, 0.1) is 10.1 Å². The van der Waals surface area contributed by atoms with Gasteiger partial charge in [0, 0.05) is 30.0 Å². The highest BCUT2D eigenvalue weighted by molar-refractivity contribution is 7.10. The molecule has 9 heteroatoms. The molecule has 5 rings (SSSR count). The van der Waals surface area contributed by atoms with Gasteiger partial charge in [0.15, 0.2) is 5.69 Å². The van der Waals surface area contributed by atoms with Crippen LogP contribution in [-0.2, 0) is 10.8 Å². The fraction of sp³-hybridized carbons (Fsp3) is 0.500. The summed E-state index contributed by atoms with van der Waals surface area (Å²) in [5, 5.41) is 20.2. The number of fused-ring (bicyclic) bond motifs is 1. The standard InChI is InChI=1S/C26H31N5O3S/c1-25(2)9-10-26(3,4)19-13-17(5-6-18(19)25)21-15-35-23(27-21)16-7-11-30(12-8-16)24(32)20-14-22(29-28-20)31(33)34/h5-6,13-16H,7-12H2,1-4H3,(H,28,29). The molecule has 35 heavy (non-hydrogen) atoms. The minimum Gasteiger partial charge on any atom is -0.358 e. The number of piperidine rings is 1. The lowest BCUT2D eigenvalue weighted by Crippen LogP contribution is -2.38. The number of aromatic nitrogens is 3. The predicted octanol–water partition coefficient (Wildman–Crippen LogP) is 5.81. The summed E-state index contributed by atoms with van der Waals surface area (Å²) in [5.41, 5.74) is 5.53. The molecule has 1 aliphatic carbocycles. The van der Waals surface area contributed by atoms with Gasteiger partial charge in [0.25, 0.3) is 5.91 Å². The third-order valence-electron chi connectivity index (χ3n) is 7.78. The Hall–Kier alpha value is -3.07. The molecule has 0 saturated carbocycles. The van der Waals surface area contributed by atoms with Crippen molar-refractivity contribution < 1.29 is 9.72 Å². The van der Waals surface area contributed by atoms with E-state index in [1.165, 1.54) is 35.6 Å². The number of carbonyl (C=O) groups excluding carboxylic acids is 1. The first-order valence-corrected chi connectivity index (χ1v) is 13.0. The number of nitrogens with one attached hydrogen (secondary N) is 1. The van der Waals surface area contributed by atoms with E-state index < -0.39 is 4.92 Å². The molecule has 0 spiro atoms. The summed E-state index contributed by atoms with van der Waals surface area (Å²) >= 11 is 1.69. The van der Waals surface area contributed by atoms with Gasteiger partial charge in [-0.2, -0.15) is 0 Å². The lowest BCUT2D eigenvalue weighted by Gasteiger charge is -2.42. The highest BCUT2D eigenvalue weighted by Gasteiger charge is 2.37. The number of hydrogen-bond donors (Lipinski definition) is 1. The maximum atomic E-state index is 12.7. The Labute approximate surface area is 208 Å². The van der Waals surface area contributed by atoms with Gasteiger partial charge in [0.2, 0.25) is 0 Å². The third-order valence-corrected chi connectivity index (χ3v) is 8.79. The van der Waals surface area contributed by atoms with Crippen LogP contribution in [0.3, 0.4) is 0 Å². The molecule has 1 saturated heterocycles. The Bertz CT molecular complexity index is 1280. The van der Waals surface area contributed by atoms with Crippen molar-refractivity contribution in [2.24, 2.45) is 0 Å². The lowest BCUT2D eigenvalue weighted by atomic mass is 9.63. The van der Waals surface area contributed by atoms with E-state index in [2.05, 4.69) is 61.5 Å². The van der Waals surface area contributed by atoms with Crippen LogP contribution < -0.4 is 0 Å². The third kappa shape index (κ3) is 4.37. The molecule has 1 amide bonds. The zero-order chi connectivity index (χ0) is 25.0. The Morgan fingerprint density at radius 3 is 2.46 bits per heavy atom. The van der Waals surface area contributed by atoms with Crippen LogP contribution >= 0.6 is 11.3 Å². The molecule has 0 atom stereocenters. The number of likely N-dealkylation sites (tertiary alicyclic amines) is 1. The van der Waals surface area contributed by atoms with Crippen molar-refractivity contribution in [1.29, 1.82) is 0 Å². The van der Waals surface area contributed by atoms with Gasteiger partial charge >= 0.3 is 5.82 Å². The molecule has 3 heterocycles. The number of benzene rings is 1. The summed E-state index contributed by atoms with van der Waals surface area (Å²) in [5.74, 6) is -0.237. The maximum absolute atomic E-state index is 12.7. The lowest BCUT2D eigenvalue weighted by molar-refractivity contribution is -0.389. The first kappa shape index (κ1) is 23.7. The van der Waals surface area contributed by atoms with Crippen molar-refractivity contribution in [3.8, 4) is 11.3 Å². The second kappa shape index (κ2) is 8.55. The van der Waals surface area contributed by atoms with Crippen LogP contribution in [0.15, 0.2) is 29.6 Å². The van der Waals surface area contributed by atoms with Gasteiger partial charge in [-0.3, -0.25) is 4.79 Å². The van der Waals surface area contributed by atoms with Gasteiger partial charge in [-0.05, 0) is 58.6 Å². The van der Waals surface area contributed by atoms with Crippen molar-refractivity contribution in [3.05, 3.63) is 61.6 Å². The van der Waals surface area contributed by atoms with Gasteiger partial charge < -0.3 is 15.0 Å². The molecule has 1 aliphatic heterocycles. The number of aromatic amines is 1. The van der Waals surface area contributed by atoms with Crippen molar-refractivity contribution >= 4 is 23.1 Å². The Balaban J connectivity index is 1.29. The molecule has 0 bridgehead atoms. The number of amides is 1. The van der Waals surface area contributed by atoms with E-state index in [1.54, 1.807) is 16.2 Å². The van der Waals surface area contributed by atoms with E-state index in [0.29, 0.717) is 19.0 Å². The maximum Gasteiger partial charge on any atom is 0.343 e. The molecule has 0 unspecified atom stereocenters. The molecule has 3 aromatic rings. The molecule has 1 N–H and O–H groups in total. The van der Waals surface area contributed by atoms with Crippen LogP contribution in [0.1, 0.15) is 85.9 Å². The molecular weight excluding hydrogens is 462 g/mol. The van der Waals surface area contributed by atoms with E-state index in [1.807, 2.05) is 0 Å². The Kier molecular flexibility index (Phi) is 5.78. The van der Waals surface area contributed by atoms with E-state index in [-0.39, 0.29) is 28.2 Å². The van der Waals surface area contributed by atoms with Crippen molar-refractivity contribution in [2.45, 2.75) is 70.1 Å². The number of nitro groups is 1. The second-order valence-electron chi connectivity index (χ2n) is 11.1. The SMILES string of the molecule is CC1(C)CCC(C)(C)c2cc(-c3csc(C4CCN(C(=O)c5cc([N+](=O)[O-])[nH]n5)CC4)n3)ccc21. The van der Waals surface area contributed by atoms with Gasteiger partial charge in [-0.25, -0.2) is 4.98 Å².